The molecule has 2 aromatic heterocycles. The molecule has 0 atom stereocenters. The second-order valence-electron chi connectivity index (χ2n) is 4.49. The molecule has 19 heavy (non-hydrogen) atoms. The first-order valence-electron chi connectivity index (χ1n) is 6.12. The van der Waals surface area contributed by atoms with Crippen molar-refractivity contribution in [3.63, 3.8) is 0 Å². The van der Waals surface area contributed by atoms with Gasteiger partial charge < -0.3 is 8.83 Å². The summed E-state index contributed by atoms with van der Waals surface area (Å²) >= 11 is 3.19. The van der Waals surface area contributed by atoms with Crippen molar-refractivity contribution >= 4 is 27.9 Å². The molecule has 0 spiro atoms. The second kappa shape index (κ2) is 5.16. The molecule has 2 heterocycles. The third-order valence-corrected chi connectivity index (χ3v) is 3.59. The van der Waals surface area contributed by atoms with E-state index in [0.717, 1.165) is 25.7 Å². The largest absolute Gasteiger partial charge is 0.444 e. The summed E-state index contributed by atoms with van der Waals surface area (Å²) in [4.78, 5) is 11.9. The van der Waals surface area contributed by atoms with Crippen LogP contribution < -0.4 is 5.32 Å². The van der Waals surface area contributed by atoms with Crippen LogP contribution in [0.2, 0.25) is 0 Å². The fourth-order valence-electron chi connectivity index (χ4n) is 2.20. The predicted molar refractivity (Wildman–Crippen MR) is 70.3 cm³/mol. The van der Waals surface area contributed by atoms with Crippen LogP contribution in [0.4, 0.5) is 6.01 Å². The van der Waals surface area contributed by atoms with Gasteiger partial charge in [0.2, 0.25) is 5.91 Å². The first kappa shape index (κ1) is 12.4. The minimum atomic E-state index is -0.0478. The van der Waals surface area contributed by atoms with Gasteiger partial charge in [-0.2, -0.15) is 0 Å². The molecule has 1 saturated carbocycles. The highest BCUT2D eigenvalue weighted by Crippen LogP contribution is 2.27. The van der Waals surface area contributed by atoms with Gasteiger partial charge in [0.25, 0.3) is 5.89 Å². The van der Waals surface area contributed by atoms with Gasteiger partial charge >= 0.3 is 6.01 Å². The molecule has 100 valence electrons. The smallest absolute Gasteiger partial charge is 0.322 e. The molecular weight excluding hydrogens is 314 g/mol. The lowest BCUT2D eigenvalue weighted by Gasteiger charge is -2.05. The first-order valence-corrected chi connectivity index (χ1v) is 6.92. The van der Waals surface area contributed by atoms with Crippen molar-refractivity contribution in [2.24, 2.45) is 5.92 Å². The van der Waals surface area contributed by atoms with Gasteiger partial charge in [0.05, 0.1) is 0 Å². The van der Waals surface area contributed by atoms with Crippen LogP contribution in [0.15, 0.2) is 25.6 Å². The lowest BCUT2D eigenvalue weighted by atomic mass is 10.1. The van der Waals surface area contributed by atoms with Crippen molar-refractivity contribution in [3.05, 3.63) is 16.8 Å². The lowest BCUT2D eigenvalue weighted by molar-refractivity contribution is -0.119. The number of halogens is 1. The Morgan fingerprint density at radius 2 is 2.05 bits per heavy atom. The third kappa shape index (κ3) is 2.70. The van der Waals surface area contributed by atoms with E-state index in [-0.39, 0.29) is 23.7 Å². The van der Waals surface area contributed by atoms with Crippen molar-refractivity contribution in [2.75, 3.05) is 5.32 Å². The zero-order valence-electron chi connectivity index (χ0n) is 10.1. The Morgan fingerprint density at radius 3 is 2.74 bits per heavy atom. The molecule has 1 aliphatic carbocycles. The number of hydrogen-bond acceptors (Lipinski definition) is 5. The molecular formula is C12H12BrN3O3. The molecule has 2 aromatic rings. The predicted octanol–water partition coefficient (Wildman–Crippen LogP) is 3.22. The van der Waals surface area contributed by atoms with Crippen molar-refractivity contribution in [1.82, 2.24) is 10.2 Å². The quantitative estimate of drug-likeness (QED) is 0.936. The molecule has 0 aliphatic heterocycles. The fraction of sp³-hybridized carbons (Fsp3) is 0.417. The number of anilines is 1. The van der Waals surface area contributed by atoms with Crippen LogP contribution in [0, 0.1) is 5.92 Å². The summed E-state index contributed by atoms with van der Waals surface area (Å²) in [6.07, 6.45) is 4.07. The van der Waals surface area contributed by atoms with Crippen LogP contribution in [0.1, 0.15) is 25.7 Å². The summed E-state index contributed by atoms with van der Waals surface area (Å²) in [6, 6.07) is 3.55. The standard InChI is InChI=1S/C12H12BrN3O3/c13-9-6-5-8(18-9)11-15-16-12(19-11)14-10(17)7-3-1-2-4-7/h5-7H,1-4H2,(H,14,16,17). The molecule has 3 rings (SSSR count). The number of rotatable bonds is 3. The number of carbonyl (C=O) groups is 1. The summed E-state index contributed by atoms with van der Waals surface area (Å²) in [6.45, 7) is 0. The van der Waals surface area contributed by atoms with Crippen molar-refractivity contribution in [1.29, 1.82) is 0 Å². The summed E-state index contributed by atoms with van der Waals surface area (Å²) in [7, 11) is 0. The molecule has 1 amide bonds. The topological polar surface area (TPSA) is 81.2 Å². The maximum atomic E-state index is 11.9. The molecule has 1 aliphatic rings. The van der Waals surface area contributed by atoms with Crippen LogP contribution in [-0.4, -0.2) is 16.1 Å². The molecule has 6 nitrogen and oxygen atoms in total. The van der Waals surface area contributed by atoms with Crippen LogP contribution in [0.3, 0.4) is 0 Å². The van der Waals surface area contributed by atoms with E-state index in [4.69, 9.17) is 8.83 Å². The van der Waals surface area contributed by atoms with Gasteiger partial charge in [0, 0.05) is 5.92 Å². The molecule has 1 N–H and O–H groups in total. The van der Waals surface area contributed by atoms with Crippen LogP contribution in [0.25, 0.3) is 11.7 Å². The fourth-order valence-corrected chi connectivity index (χ4v) is 2.50. The normalized spacial score (nSPS) is 15.8. The highest BCUT2D eigenvalue weighted by molar-refractivity contribution is 9.10. The van der Waals surface area contributed by atoms with E-state index in [1.54, 1.807) is 12.1 Å². The van der Waals surface area contributed by atoms with Crippen molar-refractivity contribution in [2.45, 2.75) is 25.7 Å². The van der Waals surface area contributed by atoms with Crippen LogP contribution in [0.5, 0.6) is 0 Å². The average molecular weight is 326 g/mol. The molecule has 1 fully saturated rings. The monoisotopic (exact) mass is 325 g/mol. The second-order valence-corrected chi connectivity index (χ2v) is 5.27. The number of furan rings is 1. The summed E-state index contributed by atoms with van der Waals surface area (Å²) in [5.74, 6) is 0.717. The van der Waals surface area contributed by atoms with E-state index in [0.29, 0.717) is 10.4 Å². The Bertz CT molecular complexity index is 587. The lowest BCUT2D eigenvalue weighted by Crippen LogP contribution is -2.20. The minimum Gasteiger partial charge on any atom is -0.444 e. The van der Waals surface area contributed by atoms with Gasteiger partial charge in [-0.25, -0.2) is 0 Å². The first-order chi connectivity index (χ1) is 9.22. The maximum absolute atomic E-state index is 11.9. The van der Waals surface area contributed by atoms with E-state index < -0.39 is 0 Å². The molecule has 0 saturated heterocycles. The number of nitrogens with one attached hydrogen (secondary N) is 1. The van der Waals surface area contributed by atoms with Gasteiger partial charge in [-0.3, -0.25) is 10.1 Å². The Balaban J connectivity index is 1.69. The molecule has 0 bridgehead atoms. The zero-order chi connectivity index (χ0) is 13.2. The highest BCUT2D eigenvalue weighted by atomic mass is 79.9. The van der Waals surface area contributed by atoms with Crippen LogP contribution in [-0.2, 0) is 4.79 Å². The zero-order valence-corrected chi connectivity index (χ0v) is 11.6. The van der Waals surface area contributed by atoms with Crippen molar-refractivity contribution < 1.29 is 13.6 Å². The third-order valence-electron chi connectivity index (χ3n) is 3.17. The number of hydrogen-bond donors (Lipinski definition) is 1. The number of aromatic nitrogens is 2. The summed E-state index contributed by atoms with van der Waals surface area (Å²) < 4.78 is 11.2. The number of nitrogens with zero attached hydrogens (tertiary/aromatic N) is 2. The molecule has 0 aromatic carbocycles. The van der Waals surface area contributed by atoms with E-state index in [1.807, 2.05) is 0 Å². The maximum Gasteiger partial charge on any atom is 0.322 e. The average Bonchev–Trinajstić information content (AvgIpc) is 3.07. The Hall–Kier alpha value is -1.63. The van der Waals surface area contributed by atoms with Crippen molar-refractivity contribution in [3.8, 4) is 11.7 Å². The van der Waals surface area contributed by atoms with E-state index in [2.05, 4.69) is 31.4 Å². The van der Waals surface area contributed by atoms with Gasteiger partial charge in [0.1, 0.15) is 0 Å². The molecule has 0 radical (unpaired) electrons. The summed E-state index contributed by atoms with van der Waals surface area (Å²) in [5, 5.41) is 10.3. The number of amides is 1. The Morgan fingerprint density at radius 1 is 1.26 bits per heavy atom. The van der Waals surface area contributed by atoms with E-state index >= 15 is 0 Å². The van der Waals surface area contributed by atoms with E-state index in [9.17, 15) is 4.79 Å². The van der Waals surface area contributed by atoms with Gasteiger partial charge in [0.15, 0.2) is 10.4 Å². The number of carbonyl (C=O) groups excluding carboxylic acids is 1. The van der Waals surface area contributed by atoms with Crippen LogP contribution >= 0.6 is 15.9 Å². The SMILES string of the molecule is O=C(Nc1nnc(-c2ccc(Br)o2)o1)C1CCCC1. The minimum absolute atomic E-state index is 0.0478. The van der Waals surface area contributed by atoms with Gasteiger partial charge in [-0.1, -0.05) is 17.9 Å². The highest BCUT2D eigenvalue weighted by Gasteiger charge is 2.24. The summed E-state index contributed by atoms with van der Waals surface area (Å²) in [5.41, 5.74) is 0. The molecule has 0 unspecified atom stereocenters. The van der Waals surface area contributed by atoms with Gasteiger partial charge in [-0.15, -0.1) is 5.10 Å². The Labute approximate surface area is 117 Å². The van der Waals surface area contributed by atoms with Gasteiger partial charge in [-0.05, 0) is 40.9 Å². The molecule has 7 heteroatoms. The Kier molecular flexibility index (Phi) is 3.37. The van der Waals surface area contributed by atoms with E-state index in [1.165, 1.54) is 0 Å².